The van der Waals surface area contributed by atoms with Crippen molar-refractivity contribution < 1.29 is 21.6 Å². The van der Waals surface area contributed by atoms with Crippen LogP contribution in [0.25, 0.3) is 0 Å². The van der Waals surface area contributed by atoms with Gasteiger partial charge in [-0.1, -0.05) is 25.0 Å². The van der Waals surface area contributed by atoms with Crippen LogP contribution >= 0.6 is 0 Å². The Morgan fingerprint density at radius 3 is 2.14 bits per heavy atom. The molecule has 0 aromatic heterocycles. The predicted octanol–water partition coefficient (Wildman–Crippen LogP) is 2.91. The molecule has 3 rings (SSSR count). The molecular formula is C20H24N2O5S2. The molecule has 1 aliphatic heterocycles. The minimum atomic E-state index is -3.67. The zero-order valence-corrected chi connectivity index (χ0v) is 17.8. The van der Waals surface area contributed by atoms with E-state index < -0.39 is 25.8 Å². The maximum absolute atomic E-state index is 13.0. The van der Waals surface area contributed by atoms with Crippen LogP contribution < -0.4 is 5.32 Å². The zero-order chi connectivity index (χ0) is 21.1. The lowest BCUT2D eigenvalue weighted by Crippen LogP contribution is -2.32. The number of sulfone groups is 1. The van der Waals surface area contributed by atoms with Gasteiger partial charge in [-0.05, 0) is 49.2 Å². The smallest absolute Gasteiger partial charge is 0.255 e. The van der Waals surface area contributed by atoms with E-state index in [9.17, 15) is 21.6 Å². The summed E-state index contributed by atoms with van der Waals surface area (Å²) in [5, 5.41) is 2.63. The first kappa shape index (κ1) is 21.5. The van der Waals surface area contributed by atoms with Crippen LogP contribution in [0.5, 0.6) is 0 Å². The van der Waals surface area contributed by atoms with Crippen LogP contribution in [0.4, 0.5) is 5.69 Å². The number of nitrogens with zero attached hydrogens (tertiary/aromatic N) is 1. The summed E-state index contributed by atoms with van der Waals surface area (Å²) in [6.45, 7) is 0.966. The first-order valence-corrected chi connectivity index (χ1v) is 12.7. The summed E-state index contributed by atoms with van der Waals surface area (Å²) < 4.78 is 50.8. The Balaban J connectivity index is 1.83. The van der Waals surface area contributed by atoms with E-state index in [-0.39, 0.29) is 15.4 Å². The lowest BCUT2D eigenvalue weighted by Gasteiger charge is -2.20. The summed E-state index contributed by atoms with van der Waals surface area (Å²) >= 11 is 0. The second-order valence-electron chi connectivity index (χ2n) is 7.10. The number of benzene rings is 2. The zero-order valence-electron chi connectivity index (χ0n) is 16.2. The number of carbonyl (C=O) groups excluding carboxylic acids is 1. The summed E-state index contributed by atoms with van der Waals surface area (Å²) in [4.78, 5) is 12.8. The average molecular weight is 437 g/mol. The van der Waals surface area contributed by atoms with Crippen LogP contribution in [-0.4, -0.2) is 46.4 Å². The Morgan fingerprint density at radius 1 is 0.862 bits per heavy atom. The van der Waals surface area contributed by atoms with Crippen LogP contribution in [0, 0.1) is 0 Å². The SMILES string of the molecule is CS(=O)(=O)c1cccc(NC(=O)c2cccc(S(=O)(=O)N3CCCCCC3)c2)c1. The Bertz CT molecular complexity index is 1100. The van der Waals surface area contributed by atoms with Gasteiger partial charge in [0, 0.05) is 30.6 Å². The van der Waals surface area contributed by atoms with Crippen molar-refractivity contribution in [1.82, 2.24) is 4.31 Å². The van der Waals surface area contributed by atoms with E-state index in [1.165, 1.54) is 46.8 Å². The molecule has 1 heterocycles. The molecule has 7 nitrogen and oxygen atoms in total. The standard InChI is InChI=1S/C20H24N2O5S2/c1-28(24,25)18-10-7-9-17(15-18)21-20(23)16-8-6-11-19(14-16)29(26,27)22-12-4-2-3-5-13-22/h6-11,14-15H,2-5,12-13H2,1H3,(H,21,23). The van der Waals surface area contributed by atoms with Gasteiger partial charge in [0.1, 0.15) is 0 Å². The van der Waals surface area contributed by atoms with E-state index in [0.29, 0.717) is 18.8 Å². The summed E-state index contributed by atoms with van der Waals surface area (Å²) in [7, 11) is -7.07. The molecule has 0 aliphatic carbocycles. The average Bonchev–Trinajstić information content (AvgIpc) is 2.98. The monoisotopic (exact) mass is 436 g/mol. The summed E-state index contributed by atoms with van der Waals surface area (Å²) in [5.74, 6) is -0.511. The molecule has 0 spiro atoms. The molecule has 2 aromatic carbocycles. The predicted molar refractivity (Wildman–Crippen MR) is 111 cm³/mol. The lowest BCUT2D eigenvalue weighted by atomic mass is 10.2. The molecule has 1 aliphatic rings. The van der Waals surface area contributed by atoms with Crippen LogP contribution in [0.2, 0.25) is 0 Å². The summed E-state index contributed by atoms with van der Waals surface area (Å²) in [6.07, 6.45) is 4.78. The van der Waals surface area contributed by atoms with Crippen molar-refractivity contribution >= 4 is 31.5 Å². The van der Waals surface area contributed by atoms with Gasteiger partial charge in [-0.3, -0.25) is 4.79 Å². The molecule has 9 heteroatoms. The fourth-order valence-electron chi connectivity index (χ4n) is 3.24. The highest BCUT2D eigenvalue weighted by atomic mass is 32.2. The number of hydrogen-bond acceptors (Lipinski definition) is 5. The van der Waals surface area contributed by atoms with Gasteiger partial charge in [0.2, 0.25) is 10.0 Å². The van der Waals surface area contributed by atoms with Gasteiger partial charge in [0.05, 0.1) is 9.79 Å². The quantitative estimate of drug-likeness (QED) is 0.777. The van der Waals surface area contributed by atoms with Crippen molar-refractivity contribution in [2.75, 3.05) is 24.7 Å². The van der Waals surface area contributed by atoms with Gasteiger partial charge in [-0.25, -0.2) is 16.8 Å². The second-order valence-corrected chi connectivity index (χ2v) is 11.1. The van der Waals surface area contributed by atoms with Crippen LogP contribution in [0.3, 0.4) is 0 Å². The maximum atomic E-state index is 13.0. The number of carbonyl (C=O) groups is 1. The third-order valence-corrected chi connectivity index (χ3v) is 7.82. The third kappa shape index (κ3) is 5.23. The molecule has 29 heavy (non-hydrogen) atoms. The van der Waals surface area contributed by atoms with Gasteiger partial charge in [-0.2, -0.15) is 4.31 Å². The van der Waals surface area contributed by atoms with Crippen molar-refractivity contribution in [2.45, 2.75) is 35.5 Å². The Kier molecular flexibility index (Phi) is 6.40. The van der Waals surface area contributed by atoms with E-state index in [1.54, 1.807) is 6.07 Å². The normalized spacial score (nSPS) is 16.2. The van der Waals surface area contributed by atoms with Crippen molar-refractivity contribution in [3.63, 3.8) is 0 Å². The third-order valence-electron chi connectivity index (χ3n) is 4.82. The van der Waals surface area contributed by atoms with Crippen LogP contribution in [0.15, 0.2) is 58.3 Å². The summed E-state index contributed by atoms with van der Waals surface area (Å²) in [5.41, 5.74) is 0.504. The molecule has 1 saturated heterocycles. The molecular weight excluding hydrogens is 412 g/mol. The Labute approximate surface area is 171 Å². The highest BCUT2D eigenvalue weighted by Crippen LogP contribution is 2.22. The van der Waals surface area contributed by atoms with Crippen molar-refractivity contribution in [3.05, 3.63) is 54.1 Å². The maximum Gasteiger partial charge on any atom is 0.255 e. The fraction of sp³-hybridized carbons (Fsp3) is 0.350. The lowest BCUT2D eigenvalue weighted by molar-refractivity contribution is 0.102. The Hall–Kier alpha value is -2.23. The molecule has 156 valence electrons. The molecule has 2 aromatic rings. The van der Waals surface area contributed by atoms with E-state index in [2.05, 4.69) is 5.32 Å². The van der Waals surface area contributed by atoms with Crippen molar-refractivity contribution in [1.29, 1.82) is 0 Å². The fourth-order valence-corrected chi connectivity index (χ4v) is 5.47. The van der Waals surface area contributed by atoms with Crippen LogP contribution in [0.1, 0.15) is 36.0 Å². The number of sulfonamides is 1. The second kappa shape index (κ2) is 8.64. The first-order chi connectivity index (χ1) is 13.7. The van der Waals surface area contributed by atoms with E-state index in [0.717, 1.165) is 31.9 Å². The van der Waals surface area contributed by atoms with Crippen molar-refractivity contribution in [3.8, 4) is 0 Å². The van der Waals surface area contributed by atoms with E-state index >= 15 is 0 Å². The van der Waals surface area contributed by atoms with Gasteiger partial charge >= 0.3 is 0 Å². The number of anilines is 1. The van der Waals surface area contributed by atoms with Gasteiger partial charge < -0.3 is 5.32 Å². The van der Waals surface area contributed by atoms with Crippen molar-refractivity contribution in [2.24, 2.45) is 0 Å². The first-order valence-electron chi connectivity index (χ1n) is 9.40. The van der Waals surface area contributed by atoms with E-state index in [4.69, 9.17) is 0 Å². The van der Waals surface area contributed by atoms with Gasteiger partial charge in [0.15, 0.2) is 9.84 Å². The van der Waals surface area contributed by atoms with Gasteiger partial charge in [0.25, 0.3) is 5.91 Å². The molecule has 1 N–H and O–H groups in total. The molecule has 1 fully saturated rings. The minimum Gasteiger partial charge on any atom is -0.322 e. The molecule has 0 unspecified atom stereocenters. The molecule has 0 bridgehead atoms. The molecule has 0 saturated carbocycles. The number of nitrogens with one attached hydrogen (secondary N) is 1. The summed E-state index contributed by atoms with van der Waals surface area (Å²) in [6, 6.07) is 11.8. The highest BCUT2D eigenvalue weighted by Gasteiger charge is 2.25. The molecule has 0 atom stereocenters. The number of rotatable bonds is 5. The van der Waals surface area contributed by atoms with Crippen LogP contribution in [-0.2, 0) is 19.9 Å². The molecule has 0 radical (unpaired) electrons. The number of amides is 1. The largest absolute Gasteiger partial charge is 0.322 e. The Morgan fingerprint density at radius 2 is 1.48 bits per heavy atom. The van der Waals surface area contributed by atoms with E-state index in [1.807, 2.05) is 0 Å². The topological polar surface area (TPSA) is 101 Å². The highest BCUT2D eigenvalue weighted by molar-refractivity contribution is 7.90. The van der Waals surface area contributed by atoms with Gasteiger partial charge in [-0.15, -0.1) is 0 Å². The minimum absolute atomic E-state index is 0.0805. The number of hydrogen-bond donors (Lipinski definition) is 1. The molecule has 1 amide bonds.